The largest absolute Gasteiger partial charge is 0.271 e. The predicted octanol–water partition coefficient (Wildman–Crippen LogP) is 3.85. The van der Waals surface area contributed by atoms with Gasteiger partial charge in [-0.1, -0.05) is 41.4 Å². The molecule has 0 radical (unpaired) electrons. The summed E-state index contributed by atoms with van der Waals surface area (Å²) in [7, 11) is 0. The monoisotopic (exact) mass is 280 g/mol. The molecule has 1 atom stereocenters. The van der Waals surface area contributed by atoms with Gasteiger partial charge in [-0.2, -0.15) is 0 Å². The van der Waals surface area contributed by atoms with E-state index in [1.807, 2.05) is 43.3 Å². The van der Waals surface area contributed by atoms with Crippen molar-refractivity contribution in [3.8, 4) is 0 Å². The molecule has 0 aromatic heterocycles. The molecule has 0 aliphatic heterocycles. The quantitative estimate of drug-likeness (QED) is 0.662. The van der Waals surface area contributed by atoms with Crippen molar-refractivity contribution in [3.63, 3.8) is 0 Å². The summed E-state index contributed by atoms with van der Waals surface area (Å²) in [5.41, 5.74) is 5.99. The van der Waals surface area contributed by atoms with Crippen molar-refractivity contribution in [3.05, 3.63) is 69.2 Å². The van der Waals surface area contributed by atoms with E-state index < -0.39 is 0 Å². The van der Waals surface area contributed by atoms with E-state index in [-0.39, 0.29) is 6.04 Å². The Bertz CT molecular complexity index is 518. The fraction of sp³-hybridized carbons (Fsp3) is 0.143. The van der Waals surface area contributed by atoms with Gasteiger partial charge in [0.05, 0.1) is 6.04 Å². The van der Waals surface area contributed by atoms with E-state index >= 15 is 0 Å². The van der Waals surface area contributed by atoms with Crippen molar-refractivity contribution in [2.24, 2.45) is 5.84 Å². The fourth-order valence-corrected chi connectivity index (χ4v) is 2.40. The lowest BCUT2D eigenvalue weighted by molar-refractivity contribution is 0.636. The number of aryl methyl sites for hydroxylation is 1. The third-order valence-electron chi connectivity index (χ3n) is 2.77. The van der Waals surface area contributed by atoms with Crippen LogP contribution in [0.3, 0.4) is 0 Å². The molecule has 4 heteroatoms. The van der Waals surface area contributed by atoms with Crippen LogP contribution in [0.1, 0.15) is 22.7 Å². The minimum absolute atomic E-state index is 0.0975. The van der Waals surface area contributed by atoms with Crippen LogP contribution in [0.15, 0.2) is 42.5 Å². The van der Waals surface area contributed by atoms with Gasteiger partial charge in [-0.3, -0.25) is 5.84 Å². The van der Waals surface area contributed by atoms with Crippen LogP contribution in [0.4, 0.5) is 0 Å². The molecule has 2 aromatic rings. The zero-order valence-corrected chi connectivity index (χ0v) is 11.5. The molecular formula is C14H14Cl2N2. The molecule has 0 amide bonds. The van der Waals surface area contributed by atoms with Gasteiger partial charge in [-0.05, 0) is 47.9 Å². The van der Waals surface area contributed by atoms with Gasteiger partial charge < -0.3 is 0 Å². The first-order valence-corrected chi connectivity index (χ1v) is 6.34. The van der Waals surface area contributed by atoms with E-state index in [1.54, 1.807) is 0 Å². The normalized spacial score (nSPS) is 12.4. The molecule has 1 unspecified atom stereocenters. The van der Waals surface area contributed by atoms with Crippen LogP contribution in [-0.4, -0.2) is 0 Å². The van der Waals surface area contributed by atoms with E-state index in [4.69, 9.17) is 29.0 Å². The second-order valence-electron chi connectivity index (χ2n) is 4.21. The standard InChI is InChI=1S/C14H14Cl2N2/c1-9-6-11(8-13(16)7-9)14(18-17)10-2-4-12(15)5-3-10/h2-8,14,18H,17H2,1H3. The highest BCUT2D eigenvalue weighted by Crippen LogP contribution is 2.26. The molecule has 2 rings (SSSR count). The molecule has 0 spiro atoms. The molecule has 0 saturated carbocycles. The topological polar surface area (TPSA) is 38.0 Å². The van der Waals surface area contributed by atoms with Crippen LogP contribution in [0.2, 0.25) is 10.0 Å². The number of hydrazine groups is 1. The summed E-state index contributed by atoms with van der Waals surface area (Å²) in [6.45, 7) is 2.00. The first-order chi connectivity index (χ1) is 8.60. The summed E-state index contributed by atoms with van der Waals surface area (Å²) in [5.74, 6) is 5.65. The first kappa shape index (κ1) is 13.4. The number of nitrogens with one attached hydrogen (secondary N) is 1. The lowest BCUT2D eigenvalue weighted by Crippen LogP contribution is -2.28. The van der Waals surface area contributed by atoms with Crippen LogP contribution in [0, 0.1) is 6.92 Å². The average Bonchev–Trinajstić information content (AvgIpc) is 2.31. The highest BCUT2D eigenvalue weighted by molar-refractivity contribution is 6.31. The van der Waals surface area contributed by atoms with Gasteiger partial charge in [0.1, 0.15) is 0 Å². The average molecular weight is 281 g/mol. The molecule has 0 saturated heterocycles. The lowest BCUT2D eigenvalue weighted by Gasteiger charge is -2.18. The third kappa shape index (κ3) is 3.03. The van der Waals surface area contributed by atoms with E-state index in [0.717, 1.165) is 16.7 Å². The highest BCUT2D eigenvalue weighted by atomic mass is 35.5. The molecule has 0 bridgehead atoms. The van der Waals surface area contributed by atoms with Crippen LogP contribution in [0.5, 0.6) is 0 Å². The fourth-order valence-electron chi connectivity index (χ4n) is 1.97. The molecule has 0 aliphatic carbocycles. The Morgan fingerprint density at radius 2 is 1.61 bits per heavy atom. The number of hydrogen-bond donors (Lipinski definition) is 2. The van der Waals surface area contributed by atoms with Gasteiger partial charge in [0.2, 0.25) is 0 Å². The molecule has 2 aromatic carbocycles. The zero-order valence-electron chi connectivity index (χ0n) is 9.95. The Labute approximate surface area is 117 Å². The molecule has 0 fully saturated rings. The van der Waals surface area contributed by atoms with Gasteiger partial charge in [0, 0.05) is 10.0 Å². The van der Waals surface area contributed by atoms with Crippen molar-refractivity contribution < 1.29 is 0 Å². The maximum Gasteiger partial charge on any atom is 0.0710 e. The molecule has 0 heterocycles. The van der Waals surface area contributed by atoms with Crippen LogP contribution < -0.4 is 11.3 Å². The van der Waals surface area contributed by atoms with Crippen molar-refractivity contribution >= 4 is 23.2 Å². The minimum atomic E-state index is -0.0975. The van der Waals surface area contributed by atoms with Crippen LogP contribution in [-0.2, 0) is 0 Å². The Morgan fingerprint density at radius 3 is 2.17 bits per heavy atom. The summed E-state index contributed by atoms with van der Waals surface area (Å²) < 4.78 is 0. The summed E-state index contributed by atoms with van der Waals surface area (Å²) in [6.07, 6.45) is 0. The zero-order chi connectivity index (χ0) is 13.1. The maximum atomic E-state index is 6.07. The lowest BCUT2D eigenvalue weighted by atomic mass is 9.98. The molecule has 94 valence electrons. The Morgan fingerprint density at radius 1 is 0.944 bits per heavy atom. The molecular weight excluding hydrogens is 267 g/mol. The summed E-state index contributed by atoms with van der Waals surface area (Å²) in [5, 5.41) is 1.41. The minimum Gasteiger partial charge on any atom is -0.271 e. The molecule has 3 N–H and O–H groups in total. The van der Waals surface area contributed by atoms with Crippen LogP contribution >= 0.6 is 23.2 Å². The summed E-state index contributed by atoms with van der Waals surface area (Å²) in [4.78, 5) is 0. The van der Waals surface area contributed by atoms with Gasteiger partial charge in [-0.15, -0.1) is 0 Å². The highest BCUT2D eigenvalue weighted by Gasteiger charge is 2.13. The van der Waals surface area contributed by atoms with Gasteiger partial charge in [0.15, 0.2) is 0 Å². The van der Waals surface area contributed by atoms with Gasteiger partial charge in [-0.25, -0.2) is 5.43 Å². The molecule has 0 aliphatic rings. The maximum absolute atomic E-state index is 6.07. The summed E-state index contributed by atoms with van der Waals surface area (Å²) in [6, 6.07) is 13.4. The second-order valence-corrected chi connectivity index (χ2v) is 5.09. The van der Waals surface area contributed by atoms with Crippen molar-refractivity contribution in [1.82, 2.24) is 5.43 Å². The van der Waals surface area contributed by atoms with E-state index in [1.165, 1.54) is 0 Å². The summed E-state index contributed by atoms with van der Waals surface area (Å²) >= 11 is 12.0. The number of hydrogen-bond acceptors (Lipinski definition) is 2. The number of nitrogens with two attached hydrogens (primary N) is 1. The molecule has 2 nitrogen and oxygen atoms in total. The predicted molar refractivity (Wildman–Crippen MR) is 76.8 cm³/mol. The van der Waals surface area contributed by atoms with Crippen molar-refractivity contribution in [2.75, 3.05) is 0 Å². The number of halogens is 2. The smallest absolute Gasteiger partial charge is 0.0710 e. The number of benzene rings is 2. The second kappa shape index (κ2) is 5.72. The van der Waals surface area contributed by atoms with Crippen LogP contribution in [0.25, 0.3) is 0 Å². The SMILES string of the molecule is Cc1cc(Cl)cc(C(NN)c2ccc(Cl)cc2)c1. The first-order valence-electron chi connectivity index (χ1n) is 5.59. The molecule has 18 heavy (non-hydrogen) atoms. The Hall–Kier alpha value is -1.06. The Balaban J connectivity index is 2.41. The Kier molecular flexibility index (Phi) is 4.25. The van der Waals surface area contributed by atoms with Crippen molar-refractivity contribution in [2.45, 2.75) is 13.0 Å². The van der Waals surface area contributed by atoms with Gasteiger partial charge in [0.25, 0.3) is 0 Å². The van der Waals surface area contributed by atoms with E-state index in [9.17, 15) is 0 Å². The van der Waals surface area contributed by atoms with Crippen molar-refractivity contribution in [1.29, 1.82) is 0 Å². The van der Waals surface area contributed by atoms with E-state index in [2.05, 4.69) is 11.5 Å². The third-order valence-corrected chi connectivity index (χ3v) is 3.24. The van der Waals surface area contributed by atoms with Gasteiger partial charge >= 0.3 is 0 Å². The van der Waals surface area contributed by atoms with E-state index in [0.29, 0.717) is 10.0 Å². The number of rotatable bonds is 3.